The van der Waals surface area contributed by atoms with E-state index in [1.54, 1.807) is 4.31 Å². The van der Waals surface area contributed by atoms with Crippen LogP contribution in [0.5, 0.6) is 0 Å². The van der Waals surface area contributed by atoms with Gasteiger partial charge in [0.25, 0.3) is 0 Å². The highest BCUT2D eigenvalue weighted by Gasteiger charge is 2.36. The minimum absolute atomic E-state index is 0.237. The summed E-state index contributed by atoms with van der Waals surface area (Å²) in [6.45, 7) is 3.98. The molecule has 2 heterocycles. The highest BCUT2D eigenvalue weighted by molar-refractivity contribution is 7.99. The van der Waals surface area contributed by atoms with Gasteiger partial charge in [-0.05, 0) is 38.6 Å². The first-order valence-corrected chi connectivity index (χ1v) is 11.6. The number of piperidine rings is 1. The van der Waals surface area contributed by atoms with E-state index in [2.05, 4.69) is 16.7 Å². The molecule has 0 radical (unpaired) electrons. The van der Waals surface area contributed by atoms with Gasteiger partial charge in [0.1, 0.15) is 0 Å². The Kier molecular flexibility index (Phi) is 6.09. The molecule has 3 fully saturated rings. The van der Waals surface area contributed by atoms with Crippen LogP contribution in [0.4, 0.5) is 0 Å². The summed E-state index contributed by atoms with van der Waals surface area (Å²) in [7, 11) is -2.95. The summed E-state index contributed by atoms with van der Waals surface area (Å²) in [6.07, 6.45) is 10.1. The molecule has 3 rings (SSSR count). The summed E-state index contributed by atoms with van der Waals surface area (Å²) < 4.78 is 26.0. The molecule has 0 aromatic carbocycles. The predicted molar refractivity (Wildman–Crippen MR) is 93.9 cm³/mol. The van der Waals surface area contributed by atoms with Crippen LogP contribution in [0, 0.1) is 0 Å². The summed E-state index contributed by atoms with van der Waals surface area (Å²) in [5.41, 5.74) is 0. The average molecular weight is 347 g/mol. The Bertz CT molecular complexity index is 449. The van der Waals surface area contributed by atoms with E-state index in [1.807, 2.05) is 0 Å². The molecule has 2 aliphatic heterocycles. The molecule has 0 spiro atoms. The molecule has 0 aromatic rings. The summed E-state index contributed by atoms with van der Waals surface area (Å²) in [6, 6.07) is 0.237. The molecule has 0 bridgehead atoms. The SMILES string of the molecule is O=S1(=O)CCCN1[C@@H]1CCCN(CCSC2CCCCC2)C1. The minimum Gasteiger partial charge on any atom is -0.301 e. The molecular formula is C16H30N2O2S2. The quantitative estimate of drug-likeness (QED) is 0.767. The van der Waals surface area contributed by atoms with Crippen LogP contribution >= 0.6 is 11.8 Å². The predicted octanol–water partition coefficient (Wildman–Crippen LogP) is 2.55. The summed E-state index contributed by atoms with van der Waals surface area (Å²) in [5.74, 6) is 1.57. The van der Waals surface area contributed by atoms with E-state index in [1.165, 1.54) is 37.9 Å². The third-order valence-corrected chi connectivity index (χ3v) is 8.70. The highest BCUT2D eigenvalue weighted by atomic mass is 32.2. The van der Waals surface area contributed by atoms with Crippen LogP contribution in [-0.2, 0) is 10.0 Å². The third kappa shape index (κ3) is 4.40. The van der Waals surface area contributed by atoms with Crippen molar-refractivity contribution in [3.8, 4) is 0 Å². The molecule has 1 saturated carbocycles. The topological polar surface area (TPSA) is 40.6 Å². The maximum absolute atomic E-state index is 12.1. The zero-order valence-electron chi connectivity index (χ0n) is 13.6. The second-order valence-electron chi connectivity index (χ2n) is 7.01. The molecule has 1 aliphatic carbocycles. The standard InChI is InChI=1S/C16H30N2O2S2/c19-22(20)13-5-10-18(22)15-6-4-9-17(14-15)11-12-21-16-7-2-1-3-8-16/h15-16H,1-14H2/t15-/m1/s1. The molecule has 1 atom stereocenters. The monoisotopic (exact) mass is 346 g/mol. The Morgan fingerprint density at radius 1 is 0.955 bits per heavy atom. The summed E-state index contributed by atoms with van der Waals surface area (Å²) in [4.78, 5) is 2.50. The highest BCUT2D eigenvalue weighted by Crippen LogP contribution is 2.29. The van der Waals surface area contributed by atoms with E-state index in [0.717, 1.165) is 50.7 Å². The van der Waals surface area contributed by atoms with E-state index < -0.39 is 10.0 Å². The number of hydrogen-bond acceptors (Lipinski definition) is 4. The van der Waals surface area contributed by atoms with Gasteiger partial charge in [0, 0.05) is 36.7 Å². The van der Waals surface area contributed by atoms with Gasteiger partial charge >= 0.3 is 0 Å². The van der Waals surface area contributed by atoms with Crippen LogP contribution in [0.15, 0.2) is 0 Å². The maximum Gasteiger partial charge on any atom is 0.214 e. The van der Waals surface area contributed by atoms with Gasteiger partial charge < -0.3 is 4.90 Å². The molecule has 0 N–H and O–H groups in total. The fourth-order valence-electron chi connectivity index (χ4n) is 4.12. The maximum atomic E-state index is 12.1. The first-order chi connectivity index (χ1) is 10.6. The first kappa shape index (κ1) is 17.1. The fraction of sp³-hybridized carbons (Fsp3) is 1.00. The van der Waals surface area contributed by atoms with Crippen molar-refractivity contribution in [3.63, 3.8) is 0 Å². The van der Waals surface area contributed by atoms with Crippen LogP contribution in [-0.4, -0.2) is 66.6 Å². The van der Waals surface area contributed by atoms with Crippen LogP contribution in [0.1, 0.15) is 51.4 Å². The Balaban J connectivity index is 1.42. The molecule has 6 heteroatoms. The van der Waals surface area contributed by atoms with Crippen molar-refractivity contribution in [3.05, 3.63) is 0 Å². The second-order valence-corrected chi connectivity index (χ2v) is 10.5. The molecule has 128 valence electrons. The van der Waals surface area contributed by atoms with E-state index in [0.29, 0.717) is 5.75 Å². The number of rotatable bonds is 5. The van der Waals surface area contributed by atoms with Crippen molar-refractivity contribution in [1.82, 2.24) is 9.21 Å². The molecule has 0 aromatic heterocycles. The van der Waals surface area contributed by atoms with Crippen LogP contribution in [0.2, 0.25) is 0 Å². The van der Waals surface area contributed by atoms with Crippen molar-refractivity contribution in [2.45, 2.75) is 62.7 Å². The van der Waals surface area contributed by atoms with Gasteiger partial charge in [0.2, 0.25) is 10.0 Å². The second kappa shape index (κ2) is 7.86. The molecule has 22 heavy (non-hydrogen) atoms. The van der Waals surface area contributed by atoms with E-state index in [-0.39, 0.29) is 6.04 Å². The Labute approximate surface area is 140 Å². The molecular weight excluding hydrogens is 316 g/mol. The molecule has 0 amide bonds. The minimum atomic E-state index is -2.95. The Hall–Kier alpha value is 0.220. The van der Waals surface area contributed by atoms with E-state index >= 15 is 0 Å². The molecule has 0 unspecified atom stereocenters. The Morgan fingerprint density at radius 2 is 1.77 bits per heavy atom. The van der Waals surface area contributed by atoms with Gasteiger partial charge in [-0.25, -0.2) is 8.42 Å². The number of thioether (sulfide) groups is 1. The third-order valence-electron chi connectivity index (χ3n) is 5.34. The lowest BCUT2D eigenvalue weighted by Crippen LogP contribution is -2.48. The Morgan fingerprint density at radius 3 is 2.50 bits per heavy atom. The largest absolute Gasteiger partial charge is 0.301 e. The zero-order valence-corrected chi connectivity index (χ0v) is 15.2. The first-order valence-electron chi connectivity index (χ1n) is 8.99. The van der Waals surface area contributed by atoms with Gasteiger partial charge in [0.15, 0.2) is 0 Å². The summed E-state index contributed by atoms with van der Waals surface area (Å²) in [5, 5.41) is 0.883. The van der Waals surface area contributed by atoms with Gasteiger partial charge in [-0.1, -0.05) is 19.3 Å². The van der Waals surface area contributed by atoms with Gasteiger partial charge in [-0.2, -0.15) is 16.1 Å². The number of sulfonamides is 1. The number of nitrogens with zero attached hydrogens (tertiary/aromatic N) is 2. The summed E-state index contributed by atoms with van der Waals surface area (Å²) >= 11 is 2.15. The fourth-order valence-corrected chi connectivity index (χ4v) is 7.24. The van der Waals surface area contributed by atoms with Crippen LogP contribution in [0.25, 0.3) is 0 Å². The van der Waals surface area contributed by atoms with Gasteiger partial charge in [-0.3, -0.25) is 0 Å². The van der Waals surface area contributed by atoms with Crippen molar-refractivity contribution >= 4 is 21.8 Å². The van der Waals surface area contributed by atoms with Gasteiger partial charge in [-0.15, -0.1) is 0 Å². The smallest absolute Gasteiger partial charge is 0.214 e. The van der Waals surface area contributed by atoms with Crippen molar-refractivity contribution in [2.24, 2.45) is 0 Å². The van der Waals surface area contributed by atoms with E-state index in [9.17, 15) is 8.42 Å². The van der Waals surface area contributed by atoms with Crippen LogP contribution in [0.3, 0.4) is 0 Å². The van der Waals surface area contributed by atoms with Crippen molar-refractivity contribution in [1.29, 1.82) is 0 Å². The lowest BCUT2D eigenvalue weighted by atomic mass is 10.0. The zero-order chi connectivity index (χ0) is 15.4. The lowest BCUT2D eigenvalue weighted by molar-refractivity contribution is 0.159. The lowest BCUT2D eigenvalue weighted by Gasteiger charge is -2.36. The molecule has 4 nitrogen and oxygen atoms in total. The van der Waals surface area contributed by atoms with Crippen molar-refractivity contribution in [2.75, 3.05) is 37.7 Å². The van der Waals surface area contributed by atoms with Gasteiger partial charge in [0.05, 0.1) is 5.75 Å². The van der Waals surface area contributed by atoms with E-state index in [4.69, 9.17) is 0 Å². The number of likely N-dealkylation sites (tertiary alicyclic amines) is 1. The molecule has 2 saturated heterocycles. The molecule has 3 aliphatic rings. The normalized spacial score (nSPS) is 31.5. The average Bonchev–Trinajstić information content (AvgIpc) is 2.88. The van der Waals surface area contributed by atoms with Crippen LogP contribution < -0.4 is 0 Å². The number of hydrogen-bond donors (Lipinski definition) is 0. The van der Waals surface area contributed by atoms with Crippen molar-refractivity contribution < 1.29 is 8.42 Å².